The van der Waals surface area contributed by atoms with Crippen LogP contribution in [0.15, 0.2) is 0 Å². The molecule has 1 aromatic heterocycles. The van der Waals surface area contributed by atoms with Crippen LogP contribution in [0.5, 0.6) is 0 Å². The number of rotatable bonds is 3. The van der Waals surface area contributed by atoms with E-state index in [9.17, 15) is 0 Å². The van der Waals surface area contributed by atoms with E-state index >= 15 is 0 Å². The van der Waals surface area contributed by atoms with Crippen molar-refractivity contribution in [3.8, 4) is 0 Å². The summed E-state index contributed by atoms with van der Waals surface area (Å²) in [6, 6.07) is 0. The Bertz CT molecular complexity index is 316. The Morgan fingerprint density at radius 1 is 1.20 bits per heavy atom. The van der Waals surface area contributed by atoms with Gasteiger partial charge < -0.3 is 5.73 Å². The van der Waals surface area contributed by atoms with Gasteiger partial charge in [0.1, 0.15) is 5.82 Å². The quantitative estimate of drug-likeness (QED) is 0.859. The molecule has 1 fully saturated rings. The molecule has 82 valence electrons. The van der Waals surface area contributed by atoms with Crippen molar-refractivity contribution in [1.29, 1.82) is 0 Å². The highest BCUT2D eigenvalue weighted by Crippen LogP contribution is 2.28. The van der Waals surface area contributed by atoms with Crippen LogP contribution in [-0.2, 0) is 6.42 Å². The molecule has 1 aliphatic carbocycles. The first-order valence-corrected chi connectivity index (χ1v) is 5.78. The molecule has 0 radical (unpaired) electrons. The number of nitrogens with zero attached hydrogens (tertiary/aromatic N) is 3. The second kappa shape index (κ2) is 4.75. The molecule has 0 amide bonds. The Morgan fingerprint density at radius 2 is 1.93 bits per heavy atom. The first-order chi connectivity index (χ1) is 7.24. The van der Waals surface area contributed by atoms with Crippen LogP contribution in [0.2, 0.25) is 5.28 Å². The van der Waals surface area contributed by atoms with Gasteiger partial charge in [-0.2, -0.15) is 9.97 Å². The van der Waals surface area contributed by atoms with Gasteiger partial charge in [0.25, 0.3) is 0 Å². The first kappa shape index (κ1) is 10.6. The minimum absolute atomic E-state index is 0.198. The second-order valence-electron chi connectivity index (χ2n) is 4.07. The Morgan fingerprint density at radius 3 is 2.60 bits per heavy atom. The van der Waals surface area contributed by atoms with Gasteiger partial charge in [0.15, 0.2) is 0 Å². The van der Waals surface area contributed by atoms with E-state index in [1.54, 1.807) is 0 Å². The summed E-state index contributed by atoms with van der Waals surface area (Å²) in [5.41, 5.74) is 5.50. The van der Waals surface area contributed by atoms with E-state index in [0.29, 0.717) is 0 Å². The zero-order valence-electron chi connectivity index (χ0n) is 8.62. The smallest absolute Gasteiger partial charge is 0.227 e. The zero-order valence-corrected chi connectivity index (χ0v) is 9.37. The summed E-state index contributed by atoms with van der Waals surface area (Å²) in [6.07, 6.45) is 7.41. The summed E-state index contributed by atoms with van der Waals surface area (Å²) >= 11 is 5.70. The maximum atomic E-state index is 5.70. The Hall–Kier alpha value is -0.900. The van der Waals surface area contributed by atoms with E-state index in [4.69, 9.17) is 17.3 Å². The third-order valence-corrected chi connectivity index (χ3v) is 3.09. The van der Waals surface area contributed by atoms with Crippen molar-refractivity contribution >= 4 is 17.5 Å². The number of aromatic nitrogens is 3. The standard InChI is InChI=1S/C10H15ClN4/c11-9-13-8(14-10(12)15-9)6-5-7-3-1-2-4-7/h7H,1-6H2,(H2,12,13,14,15). The molecule has 0 spiro atoms. The van der Waals surface area contributed by atoms with Crippen molar-refractivity contribution in [1.82, 2.24) is 15.0 Å². The molecule has 15 heavy (non-hydrogen) atoms. The normalized spacial score (nSPS) is 17.1. The fourth-order valence-electron chi connectivity index (χ4n) is 2.15. The Balaban J connectivity index is 1.92. The van der Waals surface area contributed by atoms with E-state index in [2.05, 4.69) is 15.0 Å². The summed E-state index contributed by atoms with van der Waals surface area (Å²) in [5, 5.41) is 0.198. The number of nitrogens with two attached hydrogens (primary N) is 1. The van der Waals surface area contributed by atoms with Crippen molar-refractivity contribution in [2.24, 2.45) is 5.92 Å². The largest absolute Gasteiger partial charge is 0.368 e. The van der Waals surface area contributed by atoms with Crippen molar-refractivity contribution in [3.63, 3.8) is 0 Å². The highest BCUT2D eigenvalue weighted by atomic mass is 35.5. The molecular weight excluding hydrogens is 212 g/mol. The summed E-state index contributed by atoms with van der Waals surface area (Å²) in [4.78, 5) is 11.9. The third kappa shape index (κ3) is 3.02. The predicted molar refractivity (Wildman–Crippen MR) is 59.5 cm³/mol. The van der Waals surface area contributed by atoms with Crippen molar-refractivity contribution in [3.05, 3.63) is 11.1 Å². The van der Waals surface area contributed by atoms with Gasteiger partial charge in [-0.05, 0) is 23.9 Å². The number of nitrogen functional groups attached to an aromatic ring is 1. The maximum absolute atomic E-state index is 5.70. The van der Waals surface area contributed by atoms with Crippen LogP contribution in [0.25, 0.3) is 0 Å². The second-order valence-corrected chi connectivity index (χ2v) is 4.41. The topological polar surface area (TPSA) is 64.7 Å². The van der Waals surface area contributed by atoms with Crippen LogP contribution in [0.4, 0.5) is 5.95 Å². The number of anilines is 1. The number of hydrogen-bond donors (Lipinski definition) is 1. The molecule has 1 aliphatic rings. The molecule has 4 nitrogen and oxygen atoms in total. The van der Waals surface area contributed by atoms with Gasteiger partial charge in [-0.3, -0.25) is 0 Å². The van der Waals surface area contributed by atoms with Gasteiger partial charge in [0.2, 0.25) is 11.2 Å². The monoisotopic (exact) mass is 226 g/mol. The van der Waals surface area contributed by atoms with E-state index in [1.807, 2.05) is 0 Å². The molecule has 0 aliphatic heterocycles. The van der Waals surface area contributed by atoms with E-state index in [-0.39, 0.29) is 11.2 Å². The number of halogens is 1. The summed E-state index contributed by atoms with van der Waals surface area (Å²) in [6.45, 7) is 0. The molecule has 1 aromatic rings. The van der Waals surface area contributed by atoms with Crippen LogP contribution in [0, 0.1) is 5.92 Å². The van der Waals surface area contributed by atoms with Gasteiger partial charge in [0.05, 0.1) is 0 Å². The molecule has 0 bridgehead atoms. The molecule has 0 atom stereocenters. The molecule has 1 saturated carbocycles. The van der Waals surface area contributed by atoms with Crippen LogP contribution in [0.3, 0.4) is 0 Å². The minimum atomic E-state index is 0.198. The Labute approximate surface area is 94.3 Å². The van der Waals surface area contributed by atoms with Gasteiger partial charge in [-0.15, -0.1) is 0 Å². The first-order valence-electron chi connectivity index (χ1n) is 5.40. The zero-order chi connectivity index (χ0) is 10.7. The fourth-order valence-corrected chi connectivity index (χ4v) is 2.34. The summed E-state index contributed by atoms with van der Waals surface area (Å²) < 4.78 is 0. The summed E-state index contributed by atoms with van der Waals surface area (Å²) in [7, 11) is 0. The third-order valence-electron chi connectivity index (χ3n) is 2.92. The van der Waals surface area contributed by atoms with Gasteiger partial charge in [0, 0.05) is 6.42 Å². The van der Waals surface area contributed by atoms with E-state index in [0.717, 1.165) is 24.6 Å². The van der Waals surface area contributed by atoms with Crippen LogP contribution >= 0.6 is 11.6 Å². The lowest BCUT2D eigenvalue weighted by Crippen LogP contribution is -2.05. The average Bonchev–Trinajstić information content (AvgIpc) is 2.65. The van der Waals surface area contributed by atoms with Crippen LogP contribution in [0.1, 0.15) is 37.9 Å². The van der Waals surface area contributed by atoms with E-state index in [1.165, 1.54) is 25.7 Å². The fraction of sp³-hybridized carbons (Fsp3) is 0.700. The minimum Gasteiger partial charge on any atom is -0.368 e. The highest BCUT2D eigenvalue weighted by Gasteiger charge is 2.15. The number of aryl methyl sites for hydroxylation is 1. The van der Waals surface area contributed by atoms with Gasteiger partial charge in [-0.25, -0.2) is 4.98 Å². The predicted octanol–water partition coefficient (Wildman–Crippen LogP) is 2.23. The van der Waals surface area contributed by atoms with Gasteiger partial charge in [-0.1, -0.05) is 25.7 Å². The van der Waals surface area contributed by atoms with Crippen LogP contribution < -0.4 is 5.73 Å². The molecule has 0 aromatic carbocycles. The lowest BCUT2D eigenvalue weighted by Gasteiger charge is -2.07. The summed E-state index contributed by atoms with van der Waals surface area (Å²) in [5.74, 6) is 1.78. The average molecular weight is 227 g/mol. The lowest BCUT2D eigenvalue weighted by molar-refractivity contribution is 0.496. The Kier molecular flexibility index (Phi) is 3.36. The molecule has 0 saturated heterocycles. The molecule has 1 heterocycles. The van der Waals surface area contributed by atoms with E-state index < -0.39 is 0 Å². The van der Waals surface area contributed by atoms with Crippen LogP contribution in [-0.4, -0.2) is 15.0 Å². The van der Waals surface area contributed by atoms with Crippen molar-refractivity contribution in [2.45, 2.75) is 38.5 Å². The molecule has 2 N–H and O–H groups in total. The highest BCUT2D eigenvalue weighted by molar-refractivity contribution is 6.28. The lowest BCUT2D eigenvalue weighted by atomic mass is 10.0. The van der Waals surface area contributed by atoms with Crippen molar-refractivity contribution in [2.75, 3.05) is 5.73 Å². The molecular formula is C10H15ClN4. The molecule has 2 rings (SSSR count). The van der Waals surface area contributed by atoms with Gasteiger partial charge >= 0.3 is 0 Å². The number of hydrogen-bond acceptors (Lipinski definition) is 4. The SMILES string of the molecule is Nc1nc(Cl)nc(CCC2CCCC2)n1. The molecule has 5 heteroatoms. The maximum Gasteiger partial charge on any atom is 0.227 e. The van der Waals surface area contributed by atoms with Crippen molar-refractivity contribution < 1.29 is 0 Å². The molecule has 0 unspecified atom stereocenters.